The second kappa shape index (κ2) is 9.57. The van der Waals surface area contributed by atoms with Crippen LogP contribution in [0.1, 0.15) is 0 Å². The molecule has 2 rings (SSSR count). The minimum absolute atomic E-state index is 0.0382. The van der Waals surface area contributed by atoms with Gasteiger partial charge in [0.2, 0.25) is 0 Å². The van der Waals surface area contributed by atoms with Crippen LogP contribution in [-0.2, 0) is 14.3 Å². The van der Waals surface area contributed by atoms with Crippen LogP contribution >= 0.6 is 11.6 Å². The summed E-state index contributed by atoms with van der Waals surface area (Å²) in [6.45, 7) is -3.81. The van der Waals surface area contributed by atoms with E-state index in [0.29, 0.717) is 16.5 Å². The molecule has 0 unspecified atom stereocenters. The molecule has 0 aliphatic rings. The molecule has 0 bridgehead atoms. The van der Waals surface area contributed by atoms with Crippen molar-refractivity contribution >= 4 is 29.2 Å². The standard InChI is InChI=1S/C17H14ClF2NO5/c18-11-1-5-13(6-2-11)24-10-16(23)25-9-15(22)21-12-3-7-14(8-4-12)26-17(19)20/h1-8,17H,9-10H2,(H,21,22). The third kappa shape index (κ3) is 6.94. The van der Waals surface area contributed by atoms with Gasteiger partial charge in [-0.05, 0) is 48.5 Å². The predicted molar refractivity (Wildman–Crippen MR) is 89.6 cm³/mol. The number of benzene rings is 2. The number of ether oxygens (including phenoxy) is 3. The van der Waals surface area contributed by atoms with Gasteiger partial charge in [-0.3, -0.25) is 4.79 Å². The molecule has 0 aliphatic carbocycles. The van der Waals surface area contributed by atoms with Gasteiger partial charge < -0.3 is 19.5 Å². The van der Waals surface area contributed by atoms with Crippen LogP contribution in [0.25, 0.3) is 0 Å². The summed E-state index contributed by atoms with van der Waals surface area (Å²) in [4.78, 5) is 23.2. The van der Waals surface area contributed by atoms with E-state index in [1.807, 2.05) is 0 Å². The van der Waals surface area contributed by atoms with E-state index in [4.69, 9.17) is 21.1 Å². The number of rotatable bonds is 8. The topological polar surface area (TPSA) is 73.9 Å². The molecule has 0 aromatic heterocycles. The average molecular weight is 386 g/mol. The zero-order valence-corrected chi connectivity index (χ0v) is 14.0. The second-order valence-corrected chi connectivity index (χ2v) is 5.29. The van der Waals surface area contributed by atoms with Crippen LogP contribution in [0.2, 0.25) is 5.02 Å². The van der Waals surface area contributed by atoms with Gasteiger partial charge in [0.15, 0.2) is 13.2 Å². The number of anilines is 1. The summed E-state index contributed by atoms with van der Waals surface area (Å²) < 4.78 is 38.2. The summed E-state index contributed by atoms with van der Waals surface area (Å²) in [6.07, 6.45) is 0. The van der Waals surface area contributed by atoms with Crippen molar-refractivity contribution in [1.82, 2.24) is 0 Å². The molecule has 1 N–H and O–H groups in total. The first-order valence-electron chi connectivity index (χ1n) is 7.31. The van der Waals surface area contributed by atoms with E-state index in [-0.39, 0.29) is 12.4 Å². The maximum atomic E-state index is 12.0. The van der Waals surface area contributed by atoms with E-state index in [1.165, 1.54) is 24.3 Å². The fourth-order valence-corrected chi connectivity index (χ4v) is 1.90. The molecular weight excluding hydrogens is 372 g/mol. The number of carbonyl (C=O) groups is 2. The van der Waals surface area contributed by atoms with Gasteiger partial charge in [-0.15, -0.1) is 0 Å². The lowest BCUT2D eigenvalue weighted by molar-refractivity contribution is -0.149. The van der Waals surface area contributed by atoms with Crippen LogP contribution in [0, 0.1) is 0 Å². The largest absolute Gasteiger partial charge is 0.482 e. The molecule has 0 aliphatic heterocycles. The number of carbonyl (C=O) groups excluding carboxylic acids is 2. The van der Waals surface area contributed by atoms with Gasteiger partial charge in [-0.1, -0.05) is 11.6 Å². The van der Waals surface area contributed by atoms with Crippen molar-refractivity contribution in [3.8, 4) is 11.5 Å². The number of hydrogen-bond donors (Lipinski definition) is 1. The van der Waals surface area contributed by atoms with Crippen molar-refractivity contribution < 1.29 is 32.6 Å². The molecule has 2 aromatic carbocycles. The average Bonchev–Trinajstić information content (AvgIpc) is 2.61. The van der Waals surface area contributed by atoms with Crippen LogP contribution in [0.4, 0.5) is 14.5 Å². The van der Waals surface area contributed by atoms with E-state index in [2.05, 4.69) is 10.1 Å². The van der Waals surface area contributed by atoms with Crippen molar-refractivity contribution in [3.05, 3.63) is 53.6 Å². The summed E-state index contributed by atoms with van der Waals surface area (Å²) in [6, 6.07) is 11.7. The number of esters is 1. The van der Waals surface area contributed by atoms with E-state index >= 15 is 0 Å². The third-order valence-corrected chi connectivity index (χ3v) is 3.15. The van der Waals surface area contributed by atoms with Crippen molar-refractivity contribution in [2.75, 3.05) is 18.5 Å². The molecule has 9 heteroatoms. The minimum Gasteiger partial charge on any atom is -0.482 e. The minimum atomic E-state index is -2.93. The molecule has 0 fully saturated rings. The molecule has 138 valence electrons. The fraction of sp³-hybridized carbons (Fsp3) is 0.176. The fourth-order valence-electron chi connectivity index (χ4n) is 1.78. The molecule has 0 radical (unpaired) electrons. The molecule has 6 nitrogen and oxygen atoms in total. The highest BCUT2D eigenvalue weighted by Gasteiger charge is 2.10. The maximum Gasteiger partial charge on any atom is 0.387 e. The van der Waals surface area contributed by atoms with Crippen molar-refractivity contribution in [2.45, 2.75) is 6.61 Å². The summed E-state index contributed by atoms with van der Waals surface area (Å²) in [5, 5.41) is 2.98. The van der Waals surface area contributed by atoms with Crippen LogP contribution in [0.3, 0.4) is 0 Å². The highest BCUT2D eigenvalue weighted by atomic mass is 35.5. The van der Waals surface area contributed by atoms with E-state index in [1.54, 1.807) is 24.3 Å². The van der Waals surface area contributed by atoms with Crippen LogP contribution in [0.15, 0.2) is 48.5 Å². The summed E-state index contributed by atoms with van der Waals surface area (Å²) in [5.74, 6) is -0.922. The Bertz CT molecular complexity index is 738. The Morgan fingerprint density at radius 2 is 1.58 bits per heavy atom. The SMILES string of the molecule is O=C(COC(=O)COc1ccc(Cl)cc1)Nc1ccc(OC(F)F)cc1. The monoisotopic (exact) mass is 385 g/mol. The number of hydrogen-bond acceptors (Lipinski definition) is 5. The van der Waals surface area contributed by atoms with Crippen LogP contribution in [0.5, 0.6) is 11.5 Å². The quantitative estimate of drug-likeness (QED) is 0.704. The first-order chi connectivity index (χ1) is 12.4. The van der Waals surface area contributed by atoms with E-state index in [0.717, 1.165) is 0 Å². The highest BCUT2D eigenvalue weighted by Crippen LogP contribution is 2.18. The van der Waals surface area contributed by atoms with Crippen molar-refractivity contribution in [1.29, 1.82) is 0 Å². The lowest BCUT2D eigenvalue weighted by atomic mass is 10.3. The lowest BCUT2D eigenvalue weighted by Gasteiger charge is -2.09. The molecule has 0 saturated heterocycles. The van der Waals surface area contributed by atoms with Crippen LogP contribution < -0.4 is 14.8 Å². The van der Waals surface area contributed by atoms with E-state index < -0.39 is 25.1 Å². The van der Waals surface area contributed by atoms with Gasteiger partial charge in [-0.2, -0.15) is 8.78 Å². The molecule has 2 aromatic rings. The first kappa shape index (κ1) is 19.5. The normalized spacial score (nSPS) is 10.3. The Morgan fingerprint density at radius 3 is 2.19 bits per heavy atom. The third-order valence-electron chi connectivity index (χ3n) is 2.90. The Morgan fingerprint density at radius 1 is 0.962 bits per heavy atom. The Kier molecular flexibility index (Phi) is 7.16. The summed E-state index contributed by atoms with van der Waals surface area (Å²) in [5.41, 5.74) is 0.338. The Hall–Kier alpha value is -2.87. The van der Waals surface area contributed by atoms with Gasteiger partial charge in [0.25, 0.3) is 5.91 Å². The summed E-state index contributed by atoms with van der Waals surface area (Å²) in [7, 11) is 0. The molecule has 1 amide bonds. The Balaban J connectivity index is 1.70. The number of amides is 1. The first-order valence-corrected chi connectivity index (χ1v) is 7.69. The van der Waals surface area contributed by atoms with Crippen LogP contribution in [-0.4, -0.2) is 31.7 Å². The molecule has 0 spiro atoms. The van der Waals surface area contributed by atoms with Gasteiger partial charge >= 0.3 is 12.6 Å². The molecule has 0 atom stereocenters. The number of halogens is 3. The van der Waals surface area contributed by atoms with Gasteiger partial charge in [0.05, 0.1) is 0 Å². The summed E-state index contributed by atoms with van der Waals surface area (Å²) >= 11 is 5.72. The highest BCUT2D eigenvalue weighted by molar-refractivity contribution is 6.30. The van der Waals surface area contributed by atoms with Gasteiger partial charge in [0, 0.05) is 10.7 Å². The molecule has 0 saturated carbocycles. The molecule has 0 heterocycles. The van der Waals surface area contributed by atoms with Crippen molar-refractivity contribution in [2.24, 2.45) is 0 Å². The van der Waals surface area contributed by atoms with Gasteiger partial charge in [0.1, 0.15) is 11.5 Å². The second-order valence-electron chi connectivity index (χ2n) is 4.85. The zero-order chi connectivity index (χ0) is 18.9. The molecular formula is C17H14ClF2NO5. The lowest BCUT2D eigenvalue weighted by Crippen LogP contribution is -2.23. The number of nitrogens with one attached hydrogen (secondary N) is 1. The smallest absolute Gasteiger partial charge is 0.387 e. The zero-order valence-electron chi connectivity index (χ0n) is 13.3. The van der Waals surface area contributed by atoms with Crippen molar-refractivity contribution in [3.63, 3.8) is 0 Å². The Labute approximate surface area is 152 Å². The van der Waals surface area contributed by atoms with E-state index in [9.17, 15) is 18.4 Å². The maximum absolute atomic E-state index is 12.0. The predicted octanol–water partition coefficient (Wildman–Crippen LogP) is 3.50. The van der Waals surface area contributed by atoms with Gasteiger partial charge in [-0.25, -0.2) is 4.79 Å². The molecule has 26 heavy (non-hydrogen) atoms. The number of alkyl halides is 2.